The number of carbonyl (C=O) groups is 3. The highest BCUT2D eigenvalue weighted by Gasteiger charge is 2.53. The third-order valence-corrected chi connectivity index (χ3v) is 5.92. The maximum atomic E-state index is 13.4. The van der Waals surface area contributed by atoms with Gasteiger partial charge in [0.25, 0.3) is 0 Å². The summed E-state index contributed by atoms with van der Waals surface area (Å²) in [7, 11) is -5.18. The van der Waals surface area contributed by atoms with Crippen LogP contribution in [0.25, 0.3) is 0 Å². The molecule has 0 unspecified atom stereocenters. The van der Waals surface area contributed by atoms with Gasteiger partial charge in [-0.25, -0.2) is 4.57 Å². The standard InChI is InChI=1S/C18H13ClF3O9P/c19-6-1-2-8(31-32(26,27)28)13-11(6)15(24)14-12(16(13)25)7(3-4-18(20,21)22)29-9-5-10(23)30-17(9)14/h1-2,7,9,17H,3-5H2,(H2,26,27,28)/t7-,9+,17-/m0/s1. The minimum Gasteiger partial charge on any atom is -0.454 e. The number of rotatable bonds is 4. The lowest BCUT2D eigenvalue weighted by Crippen LogP contribution is -2.45. The number of phosphoric ester groups is 1. The Morgan fingerprint density at radius 3 is 2.41 bits per heavy atom. The van der Waals surface area contributed by atoms with Crippen molar-refractivity contribution in [2.75, 3.05) is 0 Å². The van der Waals surface area contributed by atoms with Gasteiger partial charge in [-0.15, -0.1) is 0 Å². The van der Waals surface area contributed by atoms with Crippen molar-refractivity contribution in [3.63, 3.8) is 0 Å². The summed E-state index contributed by atoms with van der Waals surface area (Å²) >= 11 is 6.07. The smallest absolute Gasteiger partial charge is 0.454 e. The zero-order chi connectivity index (χ0) is 23.6. The van der Waals surface area contributed by atoms with E-state index in [0.29, 0.717) is 0 Å². The van der Waals surface area contributed by atoms with Gasteiger partial charge in [0.1, 0.15) is 11.9 Å². The van der Waals surface area contributed by atoms with Crippen LogP contribution in [0.5, 0.6) is 5.75 Å². The number of fused-ring (bicyclic) bond motifs is 3. The number of ketones is 2. The predicted octanol–water partition coefficient (Wildman–Crippen LogP) is 2.91. The van der Waals surface area contributed by atoms with E-state index in [1.165, 1.54) is 0 Å². The van der Waals surface area contributed by atoms with E-state index >= 15 is 0 Å². The Hall–Kier alpha value is -2.24. The van der Waals surface area contributed by atoms with Crippen LogP contribution >= 0.6 is 19.4 Å². The van der Waals surface area contributed by atoms with E-state index in [1.54, 1.807) is 0 Å². The van der Waals surface area contributed by atoms with Crippen molar-refractivity contribution in [2.24, 2.45) is 0 Å². The Morgan fingerprint density at radius 2 is 1.78 bits per heavy atom. The summed E-state index contributed by atoms with van der Waals surface area (Å²) < 4.78 is 65.0. The van der Waals surface area contributed by atoms with E-state index in [0.717, 1.165) is 12.1 Å². The molecular formula is C18H13ClF3O9P. The molecule has 0 amide bonds. The lowest BCUT2D eigenvalue weighted by atomic mass is 9.76. The van der Waals surface area contributed by atoms with E-state index < -0.39 is 85.1 Å². The number of halogens is 4. The molecule has 0 radical (unpaired) electrons. The molecule has 2 aliphatic heterocycles. The monoisotopic (exact) mass is 496 g/mol. The van der Waals surface area contributed by atoms with Crippen LogP contribution in [-0.4, -0.2) is 51.8 Å². The summed E-state index contributed by atoms with van der Waals surface area (Å²) in [6.45, 7) is 0. The lowest BCUT2D eigenvalue weighted by Gasteiger charge is -2.37. The molecule has 14 heteroatoms. The molecule has 32 heavy (non-hydrogen) atoms. The van der Waals surface area contributed by atoms with E-state index in [4.69, 9.17) is 30.9 Å². The zero-order valence-electron chi connectivity index (χ0n) is 15.7. The van der Waals surface area contributed by atoms with Gasteiger partial charge < -0.3 is 14.0 Å². The number of benzene rings is 1. The first-order chi connectivity index (χ1) is 14.8. The van der Waals surface area contributed by atoms with Gasteiger partial charge in [-0.2, -0.15) is 13.2 Å². The molecule has 0 saturated carbocycles. The molecule has 0 aromatic heterocycles. The van der Waals surface area contributed by atoms with Gasteiger partial charge in [0.2, 0.25) is 0 Å². The van der Waals surface area contributed by atoms with E-state index in [-0.39, 0.29) is 17.0 Å². The summed E-state index contributed by atoms with van der Waals surface area (Å²) in [6.07, 6.45) is -10.9. The molecular weight excluding hydrogens is 484 g/mol. The van der Waals surface area contributed by atoms with Crippen LogP contribution in [0, 0.1) is 0 Å². The fourth-order valence-electron chi connectivity index (χ4n) is 4.01. The quantitative estimate of drug-likeness (QED) is 0.476. The minimum absolute atomic E-state index is 0.262. The van der Waals surface area contributed by atoms with Crippen molar-refractivity contribution in [1.82, 2.24) is 0 Å². The van der Waals surface area contributed by atoms with Crippen LogP contribution in [0.1, 0.15) is 40.0 Å². The Morgan fingerprint density at radius 1 is 1.12 bits per heavy atom. The number of phosphoric acid groups is 1. The SMILES string of the molecule is O=C1C[C@H]2O[C@@H](CCC(F)(F)F)C3=C(C(=O)c4c(Cl)ccc(OP(=O)(O)O)c4C3=O)[C@H]2O1. The highest BCUT2D eigenvalue weighted by Crippen LogP contribution is 2.48. The highest BCUT2D eigenvalue weighted by molar-refractivity contribution is 7.46. The molecule has 172 valence electrons. The second kappa shape index (κ2) is 7.67. The molecule has 4 rings (SSSR count). The molecule has 0 bridgehead atoms. The Labute approximate surface area is 182 Å². The fourth-order valence-corrected chi connectivity index (χ4v) is 4.66. The van der Waals surface area contributed by atoms with Crippen molar-refractivity contribution in [3.8, 4) is 5.75 Å². The molecule has 3 aliphatic rings. The van der Waals surface area contributed by atoms with Gasteiger partial charge in [0, 0.05) is 12.0 Å². The van der Waals surface area contributed by atoms with Crippen LogP contribution < -0.4 is 4.52 Å². The summed E-state index contributed by atoms with van der Waals surface area (Å²) in [6, 6.07) is 2.02. The third-order valence-electron chi connectivity index (χ3n) is 5.17. The van der Waals surface area contributed by atoms with Gasteiger partial charge in [0.15, 0.2) is 17.7 Å². The topological polar surface area (TPSA) is 136 Å². The first kappa shape index (κ1) is 22.9. The Balaban J connectivity index is 1.88. The first-order valence-corrected chi connectivity index (χ1v) is 11.0. The number of hydrogen-bond acceptors (Lipinski definition) is 7. The average molecular weight is 497 g/mol. The van der Waals surface area contributed by atoms with Crippen LogP contribution in [0.4, 0.5) is 13.2 Å². The number of carbonyl (C=O) groups excluding carboxylic acids is 3. The predicted molar refractivity (Wildman–Crippen MR) is 98.3 cm³/mol. The molecule has 3 atom stereocenters. The second-order valence-corrected chi connectivity index (χ2v) is 8.87. The van der Waals surface area contributed by atoms with Gasteiger partial charge in [-0.1, -0.05) is 11.6 Å². The Kier molecular flexibility index (Phi) is 5.50. The number of hydrogen-bond donors (Lipinski definition) is 2. The van der Waals surface area contributed by atoms with Crippen molar-refractivity contribution >= 4 is 37.0 Å². The zero-order valence-corrected chi connectivity index (χ0v) is 17.4. The van der Waals surface area contributed by atoms with Crippen molar-refractivity contribution < 1.29 is 55.9 Å². The summed E-state index contributed by atoms with van der Waals surface area (Å²) in [4.78, 5) is 56.8. The largest absolute Gasteiger partial charge is 0.524 e. The fraction of sp³-hybridized carbons (Fsp3) is 0.389. The minimum atomic E-state index is -5.18. The number of ether oxygens (including phenoxy) is 2. The molecule has 1 saturated heterocycles. The lowest BCUT2D eigenvalue weighted by molar-refractivity contribution is -0.144. The van der Waals surface area contributed by atoms with Crippen LogP contribution in [0.15, 0.2) is 23.3 Å². The van der Waals surface area contributed by atoms with Crippen LogP contribution in [-0.2, 0) is 18.8 Å². The Bertz CT molecular complexity index is 1120. The highest BCUT2D eigenvalue weighted by atomic mass is 35.5. The summed E-state index contributed by atoms with van der Waals surface area (Å²) in [5, 5.41) is -0.262. The van der Waals surface area contributed by atoms with E-state index in [9.17, 15) is 32.1 Å². The van der Waals surface area contributed by atoms with E-state index in [2.05, 4.69) is 4.52 Å². The molecule has 2 N–H and O–H groups in total. The van der Waals surface area contributed by atoms with Crippen LogP contribution in [0.2, 0.25) is 5.02 Å². The summed E-state index contributed by atoms with van der Waals surface area (Å²) in [5.74, 6) is -3.43. The molecule has 1 aromatic carbocycles. The van der Waals surface area contributed by atoms with Gasteiger partial charge >= 0.3 is 20.0 Å². The van der Waals surface area contributed by atoms with Gasteiger partial charge in [-0.05, 0) is 18.6 Å². The van der Waals surface area contributed by atoms with Gasteiger partial charge in [-0.3, -0.25) is 24.2 Å². The van der Waals surface area contributed by atoms with Crippen molar-refractivity contribution in [3.05, 3.63) is 39.4 Å². The summed E-state index contributed by atoms with van der Waals surface area (Å²) in [5.41, 5.74) is -1.92. The second-order valence-electron chi connectivity index (χ2n) is 7.29. The van der Waals surface area contributed by atoms with Crippen LogP contribution in [0.3, 0.4) is 0 Å². The maximum absolute atomic E-state index is 13.4. The third kappa shape index (κ3) is 4.08. The molecule has 0 spiro atoms. The molecule has 2 heterocycles. The average Bonchev–Trinajstić information content (AvgIpc) is 3.02. The molecule has 9 nitrogen and oxygen atoms in total. The van der Waals surface area contributed by atoms with Gasteiger partial charge in [0.05, 0.1) is 34.2 Å². The number of Topliss-reactive ketones (excluding diaryl/α,β-unsaturated/α-hetero) is 2. The molecule has 1 aromatic rings. The molecule has 1 fully saturated rings. The maximum Gasteiger partial charge on any atom is 0.524 e. The molecule has 1 aliphatic carbocycles. The number of alkyl halides is 3. The normalized spacial score (nSPS) is 25.3. The first-order valence-electron chi connectivity index (χ1n) is 9.09. The van der Waals surface area contributed by atoms with Crippen molar-refractivity contribution in [1.29, 1.82) is 0 Å². The van der Waals surface area contributed by atoms with Crippen molar-refractivity contribution in [2.45, 2.75) is 43.8 Å². The number of esters is 1. The van der Waals surface area contributed by atoms with E-state index in [1.807, 2.05) is 0 Å².